The van der Waals surface area contributed by atoms with Crippen molar-refractivity contribution in [2.45, 2.75) is 19.3 Å². The van der Waals surface area contributed by atoms with Crippen molar-refractivity contribution >= 4 is 9.84 Å². The van der Waals surface area contributed by atoms with Gasteiger partial charge in [0.25, 0.3) is 0 Å². The fourth-order valence-electron chi connectivity index (χ4n) is 2.28. The van der Waals surface area contributed by atoms with Crippen molar-refractivity contribution in [3.05, 3.63) is 12.2 Å². The van der Waals surface area contributed by atoms with Crippen molar-refractivity contribution in [3.63, 3.8) is 0 Å². The Morgan fingerprint density at radius 3 is 2.67 bits per heavy atom. The lowest BCUT2D eigenvalue weighted by Crippen LogP contribution is -2.20. The smallest absolute Gasteiger partial charge is 0.147 e. The Hall–Kier alpha value is -0.310. The quantitative estimate of drug-likeness (QED) is 0.611. The van der Waals surface area contributed by atoms with Crippen LogP contribution >= 0.6 is 0 Å². The fraction of sp³-hybridized carbons (Fsp3) is 0.778. The van der Waals surface area contributed by atoms with E-state index in [0.29, 0.717) is 11.7 Å². The van der Waals surface area contributed by atoms with Gasteiger partial charge in [0.05, 0.1) is 5.75 Å². The second kappa shape index (κ2) is 2.34. The summed E-state index contributed by atoms with van der Waals surface area (Å²) in [5.74, 6) is 0.757. The molecule has 0 aliphatic heterocycles. The zero-order chi connectivity index (χ0) is 8.82. The largest absolute Gasteiger partial charge is 0.229 e. The van der Waals surface area contributed by atoms with Gasteiger partial charge in [0.1, 0.15) is 9.84 Å². The molecule has 2 nitrogen and oxygen atoms in total. The van der Waals surface area contributed by atoms with Crippen molar-refractivity contribution in [3.8, 4) is 0 Å². The molecule has 1 fully saturated rings. The van der Waals surface area contributed by atoms with Crippen LogP contribution in [0.3, 0.4) is 0 Å². The topological polar surface area (TPSA) is 34.1 Å². The molecule has 2 aliphatic carbocycles. The van der Waals surface area contributed by atoms with E-state index >= 15 is 0 Å². The molecule has 0 aromatic heterocycles. The molecule has 2 rings (SSSR count). The standard InChI is InChI=1S/C9H14O2S/c1-12(10,11)7-8-3-2-4-9(8)5-6-9/h5-6,8H,2-4,7H2,1H3. The van der Waals surface area contributed by atoms with Gasteiger partial charge in [-0.3, -0.25) is 0 Å². The highest BCUT2D eigenvalue weighted by Crippen LogP contribution is 2.54. The molecule has 68 valence electrons. The molecule has 2 aliphatic rings. The minimum Gasteiger partial charge on any atom is -0.229 e. The maximum Gasteiger partial charge on any atom is 0.147 e. The van der Waals surface area contributed by atoms with Crippen LogP contribution in [0.1, 0.15) is 19.3 Å². The number of hydrogen-bond donors (Lipinski definition) is 0. The molecule has 0 N–H and O–H groups in total. The van der Waals surface area contributed by atoms with Gasteiger partial charge in [-0.05, 0) is 18.8 Å². The Morgan fingerprint density at radius 1 is 1.50 bits per heavy atom. The van der Waals surface area contributed by atoms with Crippen LogP contribution in [0.4, 0.5) is 0 Å². The van der Waals surface area contributed by atoms with Crippen LogP contribution in [0.5, 0.6) is 0 Å². The van der Waals surface area contributed by atoms with Crippen molar-refractivity contribution in [1.82, 2.24) is 0 Å². The van der Waals surface area contributed by atoms with Gasteiger partial charge in [0, 0.05) is 11.7 Å². The van der Waals surface area contributed by atoms with Crippen LogP contribution < -0.4 is 0 Å². The van der Waals surface area contributed by atoms with Gasteiger partial charge in [-0.2, -0.15) is 0 Å². The molecule has 0 amide bonds. The molecule has 1 unspecified atom stereocenters. The van der Waals surface area contributed by atoms with Crippen molar-refractivity contribution in [2.75, 3.05) is 12.0 Å². The summed E-state index contributed by atoms with van der Waals surface area (Å²) >= 11 is 0. The van der Waals surface area contributed by atoms with E-state index in [9.17, 15) is 8.42 Å². The predicted octanol–water partition coefficient (Wildman–Crippen LogP) is 1.39. The van der Waals surface area contributed by atoms with Crippen molar-refractivity contribution < 1.29 is 8.42 Å². The maximum atomic E-state index is 11.1. The van der Waals surface area contributed by atoms with E-state index in [1.54, 1.807) is 0 Å². The Balaban J connectivity index is 2.06. The average Bonchev–Trinajstić information content (AvgIpc) is 2.54. The summed E-state index contributed by atoms with van der Waals surface area (Å²) in [4.78, 5) is 0. The van der Waals surface area contributed by atoms with Gasteiger partial charge in [-0.15, -0.1) is 0 Å². The Bertz CT molecular complexity index is 307. The lowest BCUT2D eigenvalue weighted by atomic mass is 9.92. The highest BCUT2D eigenvalue weighted by atomic mass is 32.2. The van der Waals surface area contributed by atoms with E-state index in [0.717, 1.165) is 6.42 Å². The Labute approximate surface area is 73.6 Å². The fourth-order valence-corrected chi connectivity index (χ4v) is 3.49. The molecule has 0 aromatic carbocycles. The van der Waals surface area contributed by atoms with Crippen LogP contribution in [-0.4, -0.2) is 20.4 Å². The molecule has 1 atom stereocenters. The van der Waals surface area contributed by atoms with Gasteiger partial charge in [0.2, 0.25) is 0 Å². The molecule has 1 spiro atoms. The first-order chi connectivity index (χ1) is 5.52. The zero-order valence-electron chi connectivity index (χ0n) is 7.29. The Morgan fingerprint density at radius 2 is 2.17 bits per heavy atom. The monoisotopic (exact) mass is 186 g/mol. The molecular weight excluding hydrogens is 172 g/mol. The average molecular weight is 186 g/mol. The van der Waals surface area contributed by atoms with Gasteiger partial charge in [-0.25, -0.2) is 8.42 Å². The number of allylic oxidation sites excluding steroid dienone is 2. The summed E-state index contributed by atoms with van der Waals surface area (Å²) in [6.07, 6.45) is 9.13. The second-order valence-corrected chi connectivity index (χ2v) is 6.31. The minimum atomic E-state index is -2.78. The molecule has 0 bridgehead atoms. The van der Waals surface area contributed by atoms with E-state index < -0.39 is 9.84 Å². The summed E-state index contributed by atoms with van der Waals surface area (Å²) in [6.45, 7) is 0. The van der Waals surface area contributed by atoms with E-state index in [1.165, 1.54) is 19.1 Å². The maximum absolute atomic E-state index is 11.1. The first-order valence-corrected chi connectivity index (χ1v) is 6.46. The number of sulfone groups is 1. The SMILES string of the molecule is CS(=O)(=O)CC1CCCC12C=C2. The number of rotatable bonds is 2. The first-order valence-electron chi connectivity index (χ1n) is 4.40. The van der Waals surface area contributed by atoms with Crippen LogP contribution in [0.15, 0.2) is 12.2 Å². The third-order valence-corrected chi connectivity index (χ3v) is 4.03. The second-order valence-electron chi connectivity index (χ2n) is 4.13. The van der Waals surface area contributed by atoms with Crippen LogP contribution in [0, 0.1) is 11.3 Å². The van der Waals surface area contributed by atoms with Crippen LogP contribution in [0.25, 0.3) is 0 Å². The van der Waals surface area contributed by atoms with Crippen LogP contribution in [0.2, 0.25) is 0 Å². The molecule has 0 aromatic rings. The van der Waals surface area contributed by atoms with E-state index in [-0.39, 0.29) is 5.41 Å². The molecular formula is C9H14O2S. The van der Waals surface area contributed by atoms with Crippen LogP contribution in [-0.2, 0) is 9.84 Å². The third kappa shape index (κ3) is 1.42. The molecule has 1 saturated carbocycles. The predicted molar refractivity (Wildman–Crippen MR) is 48.6 cm³/mol. The summed E-state index contributed by atoms with van der Waals surface area (Å²) in [6, 6.07) is 0. The van der Waals surface area contributed by atoms with E-state index in [4.69, 9.17) is 0 Å². The molecule has 3 heteroatoms. The van der Waals surface area contributed by atoms with Gasteiger partial charge < -0.3 is 0 Å². The summed E-state index contributed by atoms with van der Waals surface area (Å²) in [5, 5.41) is 0. The Kier molecular flexibility index (Phi) is 1.62. The summed E-state index contributed by atoms with van der Waals surface area (Å²) in [7, 11) is -2.78. The van der Waals surface area contributed by atoms with Gasteiger partial charge >= 0.3 is 0 Å². The third-order valence-electron chi connectivity index (χ3n) is 3.02. The van der Waals surface area contributed by atoms with E-state index in [2.05, 4.69) is 12.2 Å². The van der Waals surface area contributed by atoms with E-state index in [1.807, 2.05) is 0 Å². The van der Waals surface area contributed by atoms with Gasteiger partial charge in [-0.1, -0.05) is 18.6 Å². The molecule has 0 saturated heterocycles. The molecule has 0 heterocycles. The van der Waals surface area contributed by atoms with Crippen molar-refractivity contribution in [1.29, 1.82) is 0 Å². The molecule has 0 radical (unpaired) electrons. The normalized spacial score (nSPS) is 31.2. The summed E-state index contributed by atoms with van der Waals surface area (Å²) < 4.78 is 22.2. The first kappa shape index (κ1) is 8.30. The number of hydrogen-bond acceptors (Lipinski definition) is 2. The minimum absolute atomic E-state index is 0.239. The highest BCUT2D eigenvalue weighted by Gasteiger charge is 2.46. The highest BCUT2D eigenvalue weighted by molar-refractivity contribution is 7.90. The zero-order valence-corrected chi connectivity index (χ0v) is 8.10. The van der Waals surface area contributed by atoms with Gasteiger partial charge in [0.15, 0.2) is 0 Å². The lowest BCUT2D eigenvalue weighted by Gasteiger charge is -2.17. The molecule has 12 heavy (non-hydrogen) atoms. The summed E-state index contributed by atoms with van der Waals surface area (Å²) in [5.41, 5.74) is 0.239. The lowest BCUT2D eigenvalue weighted by molar-refractivity contribution is 0.439. The van der Waals surface area contributed by atoms with Crippen molar-refractivity contribution in [2.24, 2.45) is 11.3 Å².